The third-order valence-electron chi connectivity index (χ3n) is 5.76. The highest BCUT2D eigenvalue weighted by Gasteiger charge is 2.29. The summed E-state index contributed by atoms with van der Waals surface area (Å²) in [6.07, 6.45) is 6.76. The molecule has 2 heteroatoms. The number of hydrogen-bond donors (Lipinski definition) is 0. The molecule has 3 aromatic rings. The molecular weight excluding hydrogens is 294 g/mol. The average molecular weight is 317 g/mol. The molecule has 1 saturated carbocycles. The molecule has 0 amide bonds. The van der Waals surface area contributed by atoms with Crippen molar-refractivity contribution in [2.75, 3.05) is 0 Å². The average Bonchev–Trinajstić information content (AvgIpc) is 2.96. The van der Waals surface area contributed by atoms with Crippen LogP contribution in [0.15, 0.2) is 42.5 Å². The Morgan fingerprint density at radius 1 is 1.00 bits per heavy atom. The summed E-state index contributed by atoms with van der Waals surface area (Å²) in [5.41, 5.74) is 6.89. The summed E-state index contributed by atoms with van der Waals surface area (Å²) in [7, 11) is 0. The first-order valence-corrected chi connectivity index (χ1v) is 9.18. The van der Waals surface area contributed by atoms with Gasteiger partial charge in [-0.05, 0) is 55.0 Å². The van der Waals surface area contributed by atoms with Gasteiger partial charge >= 0.3 is 0 Å². The van der Waals surface area contributed by atoms with Crippen LogP contribution in [0, 0.1) is 6.92 Å². The van der Waals surface area contributed by atoms with Crippen molar-refractivity contribution in [2.45, 2.75) is 51.7 Å². The predicted molar refractivity (Wildman–Crippen MR) is 98.6 cm³/mol. The van der Waals surface area contributed by atoms with Gasteiger partial charge < -0.3 is 9.30 Å². The molecule has 1 aliphatic heterocycles. The van der Waals surface area contributed by atoms with Crippen LogP contribution >= 0.6 is 0 Å². The smallest absolute Gasteiger partial charge is 0.165 e. The maximum atomic E-state index is 6.06. The van der Waals surface area contributed by atoms with Gasteiger partial charge in [0.05, 0.1) is 11.2 Å². The number of para-hydroxylation sites is 1. The zero-order valence-electron chi connectivity index (χ0n) is 14.2. The van der Waals surface area contributed by atoms with Crippen molar-refractivity contribution in [2.24, 2.45) is 0 Å². The minimum absolute atomic E-state index is 0.624. The maximum absolute atomic E-state index is 6.06. The number of aryl methyl sites for hydroxylation is 1. The molecular formula is C22H23NO. The summed E-state index contributed by atoms with van der Waals surface area (Å²) in [5, 5.41) is 1.43. The number of aromatic nitrogens is 1. The molecule has 0 unspecified atom stereocenters. The van der Waals surface area contributed by atoms with Crippen LogP contribution in [0.1, 0.15) is 49.1 Å². The quantitative estimate of drug-likeness (QED) is 0.535. The van der Waals surface area contributed by atoms with Crippen LogP contribution in [-0.2, 0) is 6.73 Å². The topological polar surface area (TPSA) is 14.2 Å². The summed E-state index contributed by atoms with van der Waals surface area (Å²) in [6, 6.07) is 15.4. The largest absolute Gasteiger partial charge is 0.472 e. The summed E-state index contributed by atoms with van der Waals surface area (Å²) < 4.78 is 8.46. The maximum Gasteiger partial charge on any atom is 0.165 e. The Hall–Kier alpha value is -2.22. The molecule has 0 spiro atoms. The Kier molecular flexibility index (Phi) is 3.19. The monoisotopic (exact) mass is 317 g/mol. The van der Waals surface area contributed by atoms with E-state index in [1.807, 2.05) is 0 Å². The third-order valence-corrected chi connectivity index (χ3v) is 5.76. The van der Waals surface area contributed by atoms with Crippen molar-refractivity contribution in [3.05, 3.63) is 53.6 Å². The third kappa shape index (κ3) is 2.02. The zero-order chi connectivity index (χ0) is 16.1. The lowest BCUT2D eigenvalue weighted by Crippen LogP contribution is -2.14. The van der Waals surface area contributed by atoms with Gasteiger partial charge in [0, 0.05) is 10.9 Å². The first-order chi connectivity index (χ1) is 11.8. The number of fused-ring (bicyclic) bond motifs is 5. The Bertz CT molecular complexity index is 915. The summed E-state index contributed by atoms with van der Waals surface area (Å²) >= 11 is 0. The van der Waals surface area contributed by atoms with E-state index in [1.54, 1.807) is 5.56 Å². The van der Waals surface area contributed by atoms with E-state index in [4.69, 9.17) is 4.74 Å². The van der Waals surface area contributed by atoms with E-state index in [1.165, 1.54) is 59.8 Å². The van der Waals surface area contributed by atoms with E-state index in [2.05, 4.69) is 54.0 Å². The Morgan fingerprint density at radius 2 is 1.83 bits per heavy atom. The lowest BCUT2D eigenvalue weighted by molar-refractivity contribution is 0.235. The van der Waals surface area contributed by atoms with Gasteiger partial charge in [0.2, 0.25) is 0 Å². The normalized spacial score (nSPS) is 17.4. The molecule has 0 bridgehead atoms. The van der Waals surface area contributed by atoms with Crippen LogP contribution in [0.3, 0.4) is 0 Å². The number of rotatable bonds is 1. The molecule has 0 N–H and O–H groups in total. The van der Waals surface area contributed by atoms with E-state index in [0.29, 0.717) is 12.6 Å². The van der Waals surface area contributed by atoms with E-state index in [9.17, 15) is 0 Å². The van der Waals surface area contributed by atoms with Crippen LogP contribution in [-0.4, -0.2) is 4.57 Å². The lowest BCUT2D eigenvalue weighted by atomic mass is 9.81. The van der Waals surface area contributed by atoms with Gasteiger partial charge in [0.1, 0.15) is 5.75 Å². The van der Waals surface area contributed by atoms with Crippen molar-refractivity contribution in [1.29, 1.82) is 0 Å². The number of benzene rings is 2. The van der Waals surface area contributed by atoms with Crippen LogP contribution in [0.25, 0.3) is 22.2 Å². The Morgan fingerprint density at radius 3 is 2.71 bits per heavy atom. The molecule has 2 heterocycles. The molecule has 0 radical (unpaired) electrons. The molecule has 122 valence electrons. The van der Waals surface area contributed by atoms with Gasteiger partial charge in [-0.1, -0.05) is 43.5 Å². The fraction of sp³-hybridized carbons (Fsp3) is 0.364. The van der Waals surface area contributed by atoms with Gasteiger partial charge in [-0.25, -0.2) is 0 Å². The second-order valence-corrected chi connectivity index (χ2v) is 7.32. The standard InChI is InChI=1S/C22H23NO/c1-15-11-12-17-19(13-15)23-14-24-20-10-6-5-9-18(20)22(23)21(17)16-7-3-2-4-8-16/h5-6,9-13,16H,2-4,7-8,14H2,1H3. The lowest BCUT2D eigenvalue weighted by Gasteiger charge is -2.26. The van der Waals surface area contributed by atoms with E-state index in [-0.39, 0.29) is 0 Å². The summed E-state index contributed by atoms with van der Waals surface area (Å²) in [4.78, 5) is 0. The number of hydrogen-bond acceptors (Lipinski definition) is 1. The molecule has 1 fully saturated rings. The molecule has 2 aliphatic rings. The SMILES string of the molecule is Cc1ccc2c(C3CCCCC3)c3n(c2c1)COc1ccccc1-3. The van der Waals surface area contributed by atoms with Gasteiger partial charge in [-0.15, -0.1) is 0 Å². The molecule has 24 heavy (non-hydrogen) atoms. The fourth-order valence-electron chi connectivity index (χ4n) is 4.64. The second-order valence-electron chi connectivity index (χ2n) is 7.32. The molecule has 2 aromatic carbocycles. The molecule has 5 rings (SSSR count). The molecule has 0 atom stereocenters. The van der Waals surface area contributed by atoms with E-state index >= 15 is 0 Å². The minimum Gasteiger partial charge on any atom is -0.472 e. The highest BCUT2D eigenvalue weighted by Crippen LogP contribution is 2.47. The van der Waals surface area contributed by atoms with Crippen molar-refractivity contribution < 1.29 is 4.74 Å². The highest BCUT2D eigenvalue weighted by molar-refractivity contribution is 5.94. The van der Waals surface area contributed by atoms with E-state index < -0.39 is 0 Å². The van der Waals surface area contributed by atoms with Crippen LogP contribution in [0.4, 0.5) is 0 Å². The molecule has 0 saturated heterocycles. The van der Waals surface area contributed by atoms with Crippen LogP contribution in [0.2, 0.25) is 0 Å². The van der Waals surface area contributed by atoms with Gasteiger partial charge in [-0.3, -0.25) is 0 Å². The highest BCUT2D eigenvalue weighted by atomic mass is 16.5. The zero-order valence-corrected chi connectivity index (χ0v) is 14.2. The Balaban J connectivity index is 1.84. The van der Waals surface area contributed by atoms with Crippen LogP contribution < -0.4 is 4.74 Å². The molecule has 1 aliphatic carbocycles. The molecule has 2 nitrogen and oxygen atoms in total. The molecule has 1 aromatic heterocycles. The number of ether oxygens (including phenoxy) is 1. The van der Waals surface area contributed by atoms with Crippen LogP contribution in [0.5, 0.6) is 5.75 Å². The van der Waals surface area contributed by atoms with Crippen molar-refractivity contribution in [3.8, 4) is 17.0 Å². The Labute approximate surface area is 143 Å². The summed E-state index contributed by atoms with van der Waals surface area (Å²) in [6.45, 7) is 2.80. The van der Waals surface area contributed by atoms with Gasteiger partial charge in [0.25, 0.3) is 0 Å². The van der Waals surface area contributed by atoms with Crippen molar-refractivity contribution >= 4 is 10.9 Å². The minimum atomic E-state index is 0.624. The predicted octanol–water partition coefficient (Wildman–Crippen LogP) is 6.01. The fourth-order valence-corrected chi connectivity index (χ4v) is 4.64. The van der Waals surface area contributed by atoms with E-state index in [0.717, 1.165) is 5.75 Å². The first kappa shape index (κ1) is 14.2. The van der Waals surface area contributed by atoms with Gasteiger partial charge in [0.15, 0.2) is 6.73 Å². The first-order valence-electron chi connectivity index (χ1n) is 9.18. The van der Waals surface area contributed by atoms with Gasteiger partial charge in [-0.2, -0.15) is 0 Å². The second kappa shape index (κ2) is 5.41. The number of nitrogens with zero attached hydrogens (tertiary/aromatic N) is 1. The van der Waals surface area contributed by atoms with Crippen molar-refractivity contribution in [1.82, 2.24) is 4.57 Å². The van der Waals surface area contributed by atoms with Crippen molar-refractivity contribution in [3.63, 3.8) is 0 Å². The summed E-state index contributed by atoms with van der Waals surface area (Å²) in [5.74, 6) is 1.72.